The number of thiophene rings is 1. The molecule has 0 aliphatic heterocycles. The molecule has 0 saturated heterocycles. The Bertz CT molecular complexity index is 419. The van der Waals surface area contributed by atoms with E-state index >= 15 is 0 Å². The maximum Gasteiger partial charge on any atom is 0.0897 e. The first-order valence-corrected chi connectivity index (χ1v) is 7.06. The van der Waals surface area contributed by atoms with Gasteiger partial charge in [0.25, 0.3) is 0 Å². The Morgan fingerprint density at radius 1 is 1.25 bits per heavy atom. The van der Waals surface area contributed by atoms with Gasteiger partial charge >= 0.3 is 0 Å². The summed E-state index contributed by atoms with van der Waals surface area (Å²) in [5.41, 5.74) is 0. The van der Waals surface area contributed by atoms with Crippen LogP contribution in [-0.2, 0) is 0 Å². The SMILES string of the molecule is CCNC(c1ccc(C)s1)c1cnc(C)s1. The van der Waals surface area contributed by atoms with Crippen molar-refractivity contribution in [2.45, 2.75) is 26.8 Å². The summed E-state index contributed by atoms with van der Waals surface area (Å²) in [5, 5.41) is 4.65. The van der Waals surface area contributed by atoms with E-state index in [-0.39, 0.29) is 0 Å². The van der Waals surface area contributed by atoms with Gasteiger partial charge in [-0.15, -0.1) is 22.7 Å². The minimum absolute atomic E-state index is 0.315. The van der Waals surface area contributed by atoms with E-state index in [4.69, 9.17) is 0 Å². The fourth-order valence-electron chi connectivity index (χ4n) is 1.67. The number of aromatic nitrogens is 1. The summed E-state index contributed by atoms with van der Waals surface area (Å²) >= 11 is 3.63. The number of nitrogens with zero attached hydrogens (tertiary/aromatic N) is 1. The van der Waals surface area contributed by atoms with Crippen LogP contribution in [0.1, 0.15) is 32.6 Å². The molecule has 0 fully saturated rings. The minimum Gasteiger partial charge on any atom is -0.305 e. The molecule has 2 aromatic heterocycles. The first-order chi connectivity index (χ1) is 7.70. The van der Waals surface area contributed by atoms with Crippen molar-refractivity contribution >= 4 is 22.7 Å². The van der Waals surface area contributed by atoms with Crippen molar-refractivity contribution in [2.24, 2.45) is 0 Å². The molecule has 2 aromatic rings. The number of nitrogens with one attached hydrogen (secondary N) is 1. The van der Waals surface area contributed by atoms with Crippen LogP contribution in [0.2, 0.25) is 0 Å². The summed E-state index contributed by atoms with van der Waals surface area (Å²) < 4.78 is 0. The van der Waals surface area contributed by atoms with Crippen LogP contribution in [0.25, 0.3) is 0 Å². The second kappa shape index (κ2) is 5.08. The third-order valence-electron chi connectivity index (χ3n) is 2.38. The Morgan fingerprint density at radius 3 is 2.56 bits per heavy atom. The quantitative estimate of drug-likeness (QED) is 0.900. The van der Waals surface area contributed by atoms with Crippen LogP contribution in [0.15, 0.2) is 18.3 Å². The number of thiazole rings is 1. The van der Waals surface area contributed by atoms with Crippen LogP contribution >= 0.6 is 22.7 Å². The highest BCUT2D eigenvalue weighted by atomic mass is 32.1. The van der Waals surface area contributed by atoms with Crippen molar-refractivity contribution in [3.8, 4) is 0 Å². The van der Waals surface area contributed by atoms with Crippen molar-refractivity contribution in [2.75, 3.05) is 6.54 Å². The molecule has 86 valence electrons. The van der Waals surface area contributed by atoms with Gasteiger partial charge in [0.2, 0.25) is 0 Å². The van der Waals surface area contributed by atoms with Crippen LogP contribution in [0.3, 0.4) is 0 Å². The van der Waals surface area contributed by atoms with Gasteiger partial charge in [-0.1, -0.05) is 6.92 Å². The third kappa shape index (κ3) is 2.51. The molecule has 0 amide bonds. The minimum atomic E-state index is 0.315. The molecule has 2 nitrogen and oxygen atoms in total. The zero-order valence-corrected chi connectivity index (χ0v) is 11.4. The lowest BCUT2D eigenvalue weighted by Crippen LogP contribution is -2.20. The molecular formula is C12H16N2S2. The number of aryl methyl sites for hydroxylation is 2. The van der Waals surface area contributed by atoms with Gasteiger partial charge in [-0.05, 0) is 32.5 Å². The van der Waals surface area contributed by atoms with E-state index in [1.165, 1.54) is 14.6 Å². The molecule has 0 bridgehead atoms. The van der Waals surface area contributed by atoms with Crippen LogP contribution in [0.5, 0.6) is 0 Å². The van der Waals surface area contributed by atoms with Gasteiger partial charge in [-0.25, -0.2) is 4.98 Å². The predicted molar refractivity (Wildman–Crippen MR) is 71.4 cm³/mol. The second-order valence-electron chi connectivity index (χ2n) is 3.72. The molecule has 2 rings (SSSR count). The van der Waals surface area contributed by atoms with Crippen LogP contribution in [-0.4, -0.2) is 11.5 Å². The Kier molecular flexibility index (Phi) is 3.74. The molecule has 0 aliphatic rings. The summed E-state index contributed by atoms with van der Waals surface area (Å²) in [6.45, 7) is 7.31. The van der Waals surface area contributed by atoms with Gasteiger partial charge in [-0.2, -0.15) is 0 Å². The summed E-state index contributed by atoms with van der Waals surface area (Å²) in [7, 11) is 0. The van der Waals surface area contributed by atoms with Gasteiger partial charge < -0.3 is 5.32 Å². The van der Waals surface area contributed by atoms with Crippen LogP contribution in [0.4, 0.5) is 0 Å². The molecule has 16 heavy (non-hydrogen) atoms. The molecular weight excluding hydrogens is 236 g/mol. The standard InChI is InChI=1S/C12H16N2S2/c1-4-13-12(10-6-5-8(2)15-10)11-7-14-9(3)16-11/h5-7,12-13H,4H2,1-3H3. The van der Waals surface area contributed by atoms with Gasteiger partial charge in [-0.3, -0.25) is 0 Å². The largest absolute Gasteiger partial charge is 0.305 e. The van der Waals surface area contributed by atoms with E-state index < -0.39 is 0 Å². The predicted octanol–water partition coefficient (Wildman–Crippen LogP) is 3.52. The topological polar surface area (TPSA) is 24.9 Å². The summed E-state index contributed by atoms with van der Waals surface area (Å²) in [6.07, 6.45) is 1.99. The Balaban J connectivity index is 2.30. The lowest BCUT2D eigenvalue weighted by atomic mass is 10.2. The summed E-state index contributed by atoms with van der Waals surface area (Å²) in [6, 6.07) is 4.70. The second-order valence-corrected chi connectivity index (χ2v) is 6.31. The molecule has 0 radical (unpaired) electrons. The summed E-state index contributed by atoms with van der Waals surface area (Å²) in [4.78, 5) is 8.38. The molecule has 4 heteroatoms. The maximum absolute atomic E-state index is 4.34. The Hall–Kier alpha value is -0.710. The smallest absolute Gasteiger partial charge is 0.0897 e. The van der Waals surface area contributed by atoms with Crippen molar-refractivity contribution in [3.63, 3.8) is 0 Å². The first-order valence-electron chi connectivity index (χ1n) is 5.42. The molecule has 0 aromatic carbocycles. The summed E-state index contributed by atoms with van der Waals surface area (Å²) in [5.74, 6) is 0. The number of rotatable bonds is 4. The highest BCUT2D eigenvalue weighted by Crippen LogP contribution is 2.31. The normalized spacial score (nSPS) is 12.9. The van der Waals surface area contributed by atoms with Gasteiger partial charge in [0, 0.05) is 20.8 Å². The number of hydrogen-bond donors (Lipinski definition) is 1. The fraction of sp³-hybridized carbons (Fsp3) is 0.417. The molecule has 1 unspecified atom stereocenters. The third-order valence-corrected chi connectivity index (χ3v) is 4.42. The molecule has 0 saturated carbocycles. The van der Waals surface area contributed by atoms with Gasteiger partial charge in [0.1, 0.15) is 0 Å². The highest BCUT2D eigenvalue weighted by molar-refractivity contribution is 7.13. The zero-order valence-electron chi connectivity index (χ0n) is 9.78. The van der Waals surface area contributed by atoms with E-state index in [9.17, 15) is 0 Å². The molecule has 1 N–H and O–H groups in total. The van der Waals surface area contributed by atoms with E-state index in [2.05, 4.69) is 43.2 Å². The van der Waals surface area contributed by atoms with E-state index in [0.29, 0.717) is 6.04 Å². The average molecular weight is 252 g/mol. The van der Waals surface area contributed by atoms with Crippen molar-refractivity contribution < 1.29 is 0 Å². The lowest BCUT2D eigenvalue weighted by molar-refractivity contribution is 0.648. The monoisotopic (exact) mass is 252 g/mol. The average Bonchev–Trinajstić information content (AvgIpc) is 2.84. The lowest BCUT2D eigenvalue weighted by Gasteiger charge is -2.13. The van der Waals surface area contributed by atoms with E-state index in [0.717, 1.165) is 11.6 Å². The Morgan fingerprint density at radius 2 is 2.06 bits per heavy atom. The zero-order chi connectivity index (χ0) is 11.5. The molecule has 2 heterocycles. The van der Waals surface area contributed by atoms with Crippen molar-refractivity contribution in [3.05, 3.63) is 38.0 Å². The van der Waals surface area contributed by atoms with E-state index in [1.54, 1.807) is 11.3 Å². The first kappa shape index (κ1) is 11.8. The van der Waals surface area contributed by atoms with Gasteiger partial charge in [0.05, 0.1) is 11.0 Å². The van der Waals surface area contributed by atoms with Gasteiger partial charge in [0.15, 0.2) is 0 Å². The van der Waals surface area contributed by atoms with E-state index in [1.807, 2.05) is 17.5 Å². The number of hydrogen-bond acceptors (Lipinski definition) is 4. The fourth-order valence-corrected chi connectivity index (χ4v) is 3.59. The Labute approximate surface area is 104 Å². The van der Waals surface area contributed by atoms with Crippen LogP contribution < -0.4 is 5.32 Å². The van der Waals surface area contributed by atoms with Crippen LogP contribution in [0, 0.1) is 13.8 Å². The molecule has 0 aliphatic carbocycles. The van der Waals surface area contributed by atoms with Crippen molar-refractivity contribution in [1.29, 1.82) is 0 Å². The molecule has 0 spiro atoms. The van der Waals surface area contributed by atoms with Crippen molar-refractivity contribution in [1.82, 2.24) is 10.3 Å². The maximum atomic E-state index is 4.34. The highest BCUT2D eigenvalue weighted by Gasteiger charge is 2.16. The molecule has 1 atom stereocenters.